The number of rotatable bonds is 5. The van der Waals surface area contributed by atoms with E-state index in [0.29, 0.717) is 0 Å². The van der Waals surface area contributed by atoms with Gasteiger partial charge >= 0.3 is 0 Å². The van der Waals surface area contributed by atoms with E-state index < -0.39 is 0 Å². The lowest BCUT2D eigenvalue weighted by atomic mass is 10.1. The molecule has 1 nitrogen and oxygen atoms in total. The Labute approximate surface area is 90.8 Å². The van der Waals surface area contributed by atoms with Crippen LogP contribution in [0.15, 0.2) is 0 Å². The Morgan fingerprint density at radius 2 is 2.46 bits per heavy atom. The van der Waals surface area contributed by atoms with Crippen LogP contribution >= 0.6 is 23.5 Å². The summed E-state index contributed by atoms with van der Waals surface area (Å²) in [6, 6.07) is 0.794. The summed E-state index contributed by atoms with van der Waals surface area (Å²) in [7, 11) is 0. The molecule has 0 spiro atoms. The molecule has 0 amide bonds. The normalized spacial score (nSPS) is 25.8. The van der Waals surface area contributed by atoms with Crippen LogP contribution < -0.4 is 5.32 Å². The molecular formula is C10H21NS2. The van der Waals surface area contributed by atoms with Crippen molar-refractivity contribution in [2.75, 3.05) is 30.1 Å². The highest BCUT2D eigenvalue weighted by molar-refractivity contribution is 7.99. The third-order valence-electron chi connectivity index (χ3n) is 2.37. The largest absolute Gasteiger partial charge is 0.313 e. The molecule has 0 radical (unpaired) electrons. The molecule has 1 rings (SSSR count). The van der Waals surface area contributed by atoms with Gasteiger partial charge in [-0.2, -0.15) is 23.5 Å². The van der Waals surface area contributed by atoms with Crippen LogP contribution in [0.1, 0.15) is 19.8 Å². The lowest BCUT2D eigenvalue weighted by molar-refractivity contribution is 0.464. The molecule has 0 aromatic heterocycles. The van der Waals surface area contributed by atoms with E-state index >= 15 is 0 Å². The minimum absolute atomic E-state index is 0.794. The van der Waals surface area contributed by atoms with Crippen LogP contribution in [0, 0.1) is 5.92 Å². The predicted molar refractivity (Wildman–Crippen MR) is 65.9 cm³/mol. The van der Waals surface area contributed by atoms with Gasteiger partial charge in [-0.05, 0) is 43.1 Å². The van der Waals surface area contributed by atoms with Gasteiger partial charge in [-0.25, -0.2) is 0 Å². The Kier molecular flexibility index (Phi) is 6.33. The van der Waals surface area contributed by atoms with Crippen LogP contribution in [0.5, 0.6) is 0 Å². The van der Waals surface area contributed by atoms with E-state index in [0.717, 1.165) is 12.0 Å². The average molecular weight is 219 g/mol. The number of hydrogen-bond acceptors (Lipinski definition) is 3. The molecule has 1 aliphatic heterocycles. The predicted octanol–water partition coefficient (Wildman–Crippen LogP) is 2.47. The van der Waals surface area contributed by atoms with Crippen molar-refractivity contribution in [1.82, 2.24) is 5.32 Å². The zero-order chi connectivity index (χ0) is 9.52. The second kappa shape index (κ2) is 7.02. The van der Waals surface area contributed by atoms with Crippen molar-refractivity contribution in [3.63, 3.8) is 0 Å². The first-order chi connectivity index (χ1) is 6.33. The molecule has 0 aliphatic carbocycles. The fourth-order valence-corrected chi connectivity index (χ4v) is 3.41. The van der Waals surface area contributed by atoms with Crippen molar-refractivity contribution in [1.29, 1.82) is 0 Å². The summed E-state index contributed by atoms with van der Waals surface area (Å²) in [6.45, 7) is 3.53. The zero-order valence-electron chi connectivity index (χ0n) is 8.71. The van der Waals surface area contributed by atoms with Gasteiger partial charge in [0, 0.05) is 11.8 Å². The Morgan fingerprint density at radius 3 is 3.08 bits per heavy atom. The van der Waals surface area contributed by atoms with E-state index in [-0.39, 0.29) is 0 Å². The topological polar surface area (TPSA) is 12.0 Å². The molecule has 78 valence electrons. The van der Waals surface area contributed by atoms with Crippen molar-refractivity contribution in [2.24, 2.45) is 5.92 Å². The lowest BCUT2D eigenvalue weighted by Gasteiger charge is -2.24. The maximum atomic E-state index is 3.67. The average Bonchev–Trinajstić information content (AvgIpc) is 2.17. The van der Waals surface area contributed by atoms with Crippen molar-refractivity contribution in [3.05, 3.63) is 0 Å². The highest BCUT2D eigenvalue weighted by Crippen LogP contribution is 2.17. The molecule has 0 bridgehead atoms. The first kappa shape index (κ1) is 11.7. The third-order valence-corrected chi connectivity index (χ3v) is 4.48. The summed E-state index contributed by atoms with van der Waals surface area (Å²) < 4.78 is 0. The van der Waals surface area contributed by atoms with Crippen LogP contribution in [0.25, 0.3) is 0 Å². The zero-order valence-corrected chi connectivity index (χ0v) is 10.3. The molecule has 1 saturated heterocycles. The standard InChI is InChI=1S/C10H21NS2/c1-9(7-12-2)6-11-10-4-3-5-13-8-10/h9-11H,3-8H2,1-2H3. The van der Waals surface area contributed by atoms with Gasteiger partial charge < -0.3 is 5.32 Å². The summed E-state index contributed by atoms with van der Waals surface area (Å²) >= 11 is 4.05. The Bertz CT molecular complexity index is 124. The van der Waals surface area contributed by atoms with Crippen LogP contribution in [0.2, 0.25) is 0 Å². The van der Waals surface area contributed by atoms with E-state index in [4.69, 9.17) is 0 Å². The van der Waals surface area contributed by atoms with Gasteiger partial charge in [0.2, 0.25) is 0 Å². The minimum atomic E-state index is 0.794. The van der Waals surface area contributed by atoms with E-state index in [1.807, 2.05) is 11.8 Å². The molecule has 2 atom stereocenters. The Morgan fingerprint density at radius 1 is 1.62 bits per heavy atom. The first-order valence-electron chi connectivity index (χ1n) is 5.13. The molecule has 1 heterocycles. The molecule has 2 unspecified atom stereocenters. The fourth-order valence-electron chi connectivity index (χ4n) is 1.61. The van der Waals surface area contributed by atoms with Gasteiger partial charge in [-0.15, -0.1) is 0 Å². The second-order valence-corrected chi connectivity index (χ2v) is 5.94. The molecule has 0 saturated carbocycles. The van der Waals surface area contributed by atoms with Gasteiger partial charge in [-0.3, -0.25) is 0 Å². The SMILES string of the molecule is CSCC(C)CNC1CCCSC1. The summed E-state index contributed by atoms with van der Waals surface area (Å²) in [5, 5.41) is 3.67. The second-order valence-electron chi connectivity index (χ2n) is 3.88. The molecule has 0 aromatic rings. The summed E-state index contributed by atoms with van der Waals surface area (Å²) in [5.41, 5.74) is 0. The summed E-state index contributed by atoms with van der Waals surface area (Å²) in [6.07, 6.45) is 4.98. The van der Waals surface area contributed by atoms with Crippen molar-refractivity contribution >= 4 is 23.5 Å². The van der Waals surface area contributed by atoms with Gasteiger partial charge in [0.15, 0.2) is 0 Å². The number of hydrogen-bond donors (Lipinski definition) is 1. The maximum Gasteiger partial charge on any atom is 0.0158 e. The molecule has 1 fully saturated rings. The van der Waals surface area contributed by atoms with Crippen molar-refractivity contribution in [3.8, 4) is 0 Å². The molecule has 0 aromatic carbocycles. The highest BCUT2D eigenvalue weighted by atomic mass is 32.2. The molecule has 1 N–H and O–H groups in total. The minimum Gasteiger partial charge on any atom is -0.313 e. The highest BCUT2D eigenvalue weighted by Gasteiger charge is 2.13. The van der Waals surface area contributed by atoms with Gasteiger partial charge in [0.25, 0.3) is 0 Å². The van der Waals surface area contributed by atoms with Gasteiger partial charge in [-0.1, -0.05) is 6.92 Å². The molecular weight excluding hydrogens is 198 g/mol. The van der Waals surface area contributed by atoms with Crippen LogP contribution in [-0.4, -0.2) is 36.1 Å². The van der Waals surface area contributed by atoms with Crippen molar-refractivity contribution < 1.29 is 0 Å². The number of nitrogens with one attached hydrogen (secondary N) is 1. The Balaban J connectivity index is 2.03. The smallest absolute Gasteiger partial charge is 0.0158 e. The Hall–Kier alpha value is 0.660. The third kappa shape index (κ3) is 5.18. The van der Waals surface area contributed by atoms with Crippen LogP contribution in [0.3, 0.4) is 0 Å². The molecule has 1 aliphatic rings. The van der Waals surface area contributed by atoms with E-state index in [1.165, 1.54) is 36.6 Å². The maximum absolute atomic E-state index is 3.67. The quantitative estimate of drug-likeness (QED) is 0.763. The lowest BCUT2D eigenvalue weighted by Crippen LogP contribution is -2.36. The monoisotopic (exact) mass is 219 g/mol. The first-order valence-corrected chi connectivity index (χ1v) is 7.68. The van der Waals surface area contributed by atoms with Crippen molar-refractivity contribution in [2.45, 2.75) is 25.8 Å². The van der Waals surface area contributed by atoms with E-state index in [1.54, 1.807) is 0 Å². The van der Waals surface area contributed by atoms with Crippen LogP contribution in [-0.2, 0) is 0 Å². The van der Waals surface area contributed by atoms with Gasteiger partial charge in [0.05, 0.1) is 0 Å². The van der Waals surface area contributed by atoms with Crippen LogP contribution in [0.4, 0.5) is 0 Å². The summed E-state index contributed by atoms with van der Waals surface area (Å²) in [4.78, 5) is 0. The molecule has 13 heavy (non-hydrogen) atoms. The van der Waals surface area contributed by atoms with Gasteiger partial charge in [0.1, 0.15) is 0 Å². The fraction of sp³-hybridized carbons (Fsp3) is 1.00. The van der Waals surface area contributed by atoms with E-state index in [9.17, 15) is 0 Å². The number of thioether (sulfide) groups is 2. The molecule has 3 heteroatoms. The summed E-state index contributed by atoms with van der Waals surface area (Å²) in [5.74, 6) is 4.80. The van der Waals surface area contributed by atoms with E-state index in [2.05, 4.69) is 30.3 Å².